The van der Waals surface area contributed by atoms with E-state index < -0.39 is 11.4 Å². The van der Waals surface area contributed by atoms with Crippen LogP contribution in [0.25, 0.3) is 16.6 Å². The van der Waals surface area contributed by atoms with Crippen molar-refractivity contribution >= 4 is 22.7 Å². The number of carboxylic acids is 1. The third kappa shape index (κ3) is 5.44. The number of ketones is 1. The second kappa shape index (κ2) is 11.3. The van der Waals surface area contributed by atoms with Gasteiger partial charge in [0.2, 0.25) is 0 Å². The van der Waals surface area contributed by atoms with Crippen LogP contribution in [0, 0.1) is 11.3 Å². The minimum absolute atomic E-state index is 0.0396. The molecular formula is C34H34N4O4. The van der Waals surface area contributed by atoms with Crippen molar-refractivity contribution in [3.63, 3.8) is 0 Å². The number of hydrogen-bond donors (Lipinski definition) is 1. The molecule has 0 aliphatic heterocycles. The summed E-state index contributed by atoms with van der Waals surface area (Å²) in [5.41, 5.74) is 3.99. The number of aliphatic carboxylic acids is 1. The number of rotatable bonds is 11. The number of benzene rings is 2. The van der Waals surface area contributed by atoms with E-state index in [2.05, 4.69) is 14.6 Å². The fourth-order valence-corrected chi connectivity index (χ4v) is 5.48. The molecule has 0 radical (unpaired) electrons. The molecule has 0 unspecified atom stereocenters. The first kappa shape index (κ1) is 27.4. The zero-order valence-corrected chi connectivity index (χ0v) is 23.9. The highest BCUT2D eigenvalue weighted by molar-refractivity contribution is 6.11. The van der Waals surface area contributed by atoms with Gasteiger partial charge in [0.15, 0.2) is 5.78 Å². The molecule has 0 amide bonds. The fourth-order valence-electron chi connectivity index (χ4n) is 5.48. The van der Waals surface area contributed by atoms with E-state index in [1.54, 1.807) is 30.9 Å². The molecule has 3 heterocycles. The van der Waals surface area contributed by atoms with Crippen molar-refractivity contribution in [1.29, 1.82) is 0 Å². The lowest BCUT2D eigenvalue weighted by molar-refractivity contribution is -0.146. The lowest BCUT2D eigenvalue weighted by atomic mass is 9.78. The summed E-state index contributed by atoms with van der Waals surface area (Å²) in [4.78, 5) is 30.7. The highest BCUT2D eigenvalue weighted by Gasteiger charge is 2.36. The molecule has 42 heavy (non-hydrogen) atoms. The maximum absolute atomic E-state index is 14.0. The fraction of sp³-hybridized carbons (Fsp3) is 0.294. The molecule has 1 N–H and O–H groups in total. The third-order valence-corrected chi connectivity index (χ3v) is 8.21. The second-order valence-electron chi connectivity index (χ2n) is 11.7. The van der Waals surface area contributed by atoms with E-state index in [1.165, 1.54) is 0 Å². The summed E-state index contributed by atoms with van der Waals surface area (Å²) in [6.07, 6.45) is 8.34. The van der Waals surface area contributed by atoms with Gasteiger partial charge in [0, 0.05) is 59.6 Å². The quantitative estimate of drug-likeness (QED) is 0.185. The number of fused-ring (bicyclic) bond motifs is 1. The Balaban J connectivity index is 1.45. The van der Waals surface area contributed by atoms with E-state index in [0.29, 0.717) is 24.5 Å². The van der Waals surface area contributed by atoms with Gasteiger partial charge in [-0.3, -0.25) is 14.6 Å². The zero-order valence-electron chi connectivity index (χ0n) is 23.9. The lowest BCUT2D eigenvalue weighted by Gasteiger charge is -2.26. The molecule has 8 nitrogen and oxygen atoms in total. The number of nitrogens with zero attached hydrogens (tertiary/aromatic N) is 4. The Hall–Kier alpha value is -4.72. The van der Waals surface area contributed by atoms with E-state index in [0.717, 1.165) is 52.8 Å². The van der Waals surface area contributed by atoms with Crippen molar-refractivity contribution in [3.05, 3.63) is 108 Å². The Morgan fingerprint density at radius 2 is 1.83 bits per heavy atom. The van der Waals surface area contributed by atoms with Crippen LogP contribution in [-0.2, 0) is 24.4 Å². The number of carboxylic acid groups (broad SMARTS) is 1. The van der Waals surface area contributed by atoms with Gasteiger partial charge in [0.25, 0.3) is 0 Å². The molecule has 1 fully saturated rings. The summed E-state index contributed by atoms with van der Waals surface area (Å²) in [5, 5.41) is 15.2. The van der Waals surface area contributed by atoms with Crippen molar-refractivity contribution in [2.75, 3.05) is 0 Å². The molecule has 3 aromatic heterocycles. The monoisotopic (exact) mass is 562 g/mol. The van der Waals surface area contributed by atoms with Crippen LogP contribution in [0.4, 0.5) is 0 Å². The zero-order chi connectivity index (χ0) is 29.3. The summed E-state index contributed by atoms with van der Waals surface area (Å²) >= 11 is 0. The molecule has 1 aliphatic rings. The van der Waals surface area contributed by atoms with Gasteiger partial charge in [-0.15, -0.1) is 0 Å². The van der Waals surface area contributed by atoms with Crippen molar-refractivity contribution in [3.8, 4) is 11.4 Å². The van der Waals surface area contributed by atoms with Gasteiger partial charge in [0.1, 0.15) is 12.4 Å². The van der Waals surface area contributed by atoms with Crippen molar-refractivity contribution in [1.82, 2.24) is 19.3 Å². The molecule has 214 valence electrons. The van der Waals surface area contributed by atoms with E-state index in [-0.39, 0.29) is 18.1 Å². The van der Waals surface area contributed by atoms with Crippen molar-refractivity contribution < 1.29 is 19.4 Å². The Morgan fingerprint density at radius 1 is 1.02 bits per heavy atom. The largest absolute Gasteiger partial charge is 0.487 e. The smallest absolute Gasteiger partial charge is 0.309 e. The summed E-state index contributed by atoms with van der Waals surface area (Å²) in [6.45, 7) is 4.23. The van der Waals surface area contributed by atoms with Gasteiger partial charge < -0.3 is 14.4 Å². The number of Topliss-reactive ketones (excluding diaryl/α,β-unsaturated/α-hetero) is 1. The molecule has 1 aliphatic carbocycles. The first-order valence-electron chi connectivity index (χ1n) is 14.3. The molecule has 6 rings (SSSR count). The van der Waals surface area contributed by atoms with Crippen LogP contribution in [0.3, 0.4) is 0 Å². The standard InChI is InChI=1S/C34H34N4O4/c1-34(2,33(40)41)20-30-31(32(39)24-7-5-8-24)28-19-27(42-22-25-9-3-4-16-35-25)14-15-29(28)37(30)21-23-10-12-26(13-11-23)38-18-6-17-36-38/h3-4,6,9-19,24H,5,7-8,20-22H2,1-2H3,(H,40,41). The molecule has 1 saturated carbocycles. The van der Waals surface area contributed by atoms with Gasteiger partial charge in [-0.05, 0) is 80.8 Å². The summed E-state index contributed by atoms with van der Waals surface area (Å²) < 4.78 is 10.0. The predicted molar refractivity (Wildman–Crippen MR) is 160 cm³/mol. The molecule has 5 aromatic rings. The maximum atomic E-state index is 14.0. The number of aromatic nitrogens is 4. The minimum Gasteiger partial charge on any atom is -0.487 e. The Morgan fingerprint density at radius 3 is 2.48 bits per heavy atom. The molecule has 0 spiro atoms. The van der Waals surface area contributed by atoms with Gasteiger partial charge in [0.05, 0.1) is 16.8 Å². The first-order chi connectivity index (χ1) is 20.3. The Labute approximate surface area is 244 Å². The van der Waals surface area contributed by atoms with Crippen LogP contribution >= 0.6 is 0 Å². The van der Waals surface area contributed by atoms with Gasteiger partial charge in [-0.25, -0.2) is 4.68 Å². The average molecular weight is 563 g/mol. The molecule has 0 saturated heterocycles. The van der Waals surface area contributed by atoms with Crippen LogP contribution in [0.15, 0.2) is 85.3 Å². The van der Waals surface area contributed by atoms with E-state index in [1.807, 2.05) is 72.9 Å². The van der Waals surface area contributed by atoms with Crippen LogP contribution in [-0.4, -0.2) is 36.2 Å². The van der Waals surface area contributed by atoms with Crippen LogP contribution in [0.1, 0.15) is 60.4 Å². The topological polar surface area (TPSA) is 99.2 Å². The SMILES string of the molecule is CC(C)(Cc1c(C(=O)C2CCC2)c2cc(OCc3ccccn3)ccc2n1Cc1ccc(-n2cccn2)cc1)C(=O)O. The average Bonchev–Trinajstić information content (AvgIpc) is 3.59. The summed E-state index contributed by atoms with van der Waals surface area (Å²) in [6, 6.07) is 21.5. The van der Waals surface area contributed by atoms with Crippen LogP contribution in [0.2, 0.25) is 0 Å². The predicted octanol–water partition coefficient (Wildman–Crippen LogP) is 6.49. The molecule has 2 aromatic carbocycles. The summed E-state index contributed by atoms with van der Waals surface area (Å²) in [7, 11) is 0. The van der Waals surface area contributed by atoms with E-state index >= 15 is 0 Å². The van der Waals surface area contributed by atoms with Gasteiger partial charge >= 0.3 is 5.97 Å². The first-order valence-corrected chi connectivity index (χ1v) is 14.3. The molecule has 0 bridgehead atoms. The Bertz CT molecular complexity index is 1720. The normalized spacial score (nSPS) is 13.7. The molecule has 8 heteroatoms. The van der Waals surface area contributed by atoms with Crippen molar-refractivity contribution in [2.45, 2.75) is 52.7 Å². The highest BCUT2D eigenvalue weighted by atomic mass is 16.5. The second-order valence-corrected chi connectivity index (χ2v) is 11.7. The summed E-state index contributed by atoms with van der Waals surface area (Å²) in [5.74, 6) is -0.204. The van der Waals surface area contributed by atoms with Crippen molar-refractivity contribution in [2.24, 2.45) is 11.3 Å². The van der Waals surface area contributed by atoms with E-state index in [4.69, 9.17) is 4.74 Å². The molecule has 0 atom stereocenters. The number of pyridine rings is 1. The maximum Gasteiger partial charge on any atom is 0.309 e. The number of carbonyl (C=O) groups excluding carboxylic acids is 1. The Kier molecular flexibility index (Phi) is 7.37. The van der Waals surface area contributed by atoms with E-state index in [9.17, 15) is 14.7 Å². The molecular weight excluding hydrogens is 528 g/mol. The van der Waals surface area contributed by atoms with Crippen LogP contribution < -0.4 is 4.74 Å². The lowest BCUT2D eigenvalue weighted by Crippen LogP contribution is -2.29. The highest BCUT2D eigenvalue weighted by Crippen LogP contribution is 2.39. The van der Waals surface area contributed by atoms with Gasteiger partial charge in [-0.2, -0.15) is 5.10 Å². The van der Waals surface area contributed by atoms with Gasteiger partial charge in [-0.1, -0.05) is 24.6 Å². The minimum atomic E-state index is -1.07. The third-order valence-electron chi connectivity index (χ3n) is 8.21. The van der Waals surface area contributed by atoms with Crippen LogP contribution in [0.5, 0.6) is 5.75 Å². The number of hydrogen-bond acceptors (Lipinski definition) is 5. The number of carbonyl (C=O) groups is 2. The number of ether oxygens (including phenoxy) is 1.